The summed E-state index contributed by atoms with van der Waals surface area (Å²) in [5.41, 5.74) is 1.80. The third-order valence-corrected chi connectivity index (χ3v) is 3.55. The number of carbonyl (C=O) groups is 2. The number of benzene rings is 2. The van der Waals surface area contributed by atoms with E-state index in [4.69, 9.17) is 9.47 Å². The van der Waals surface area contributed by atoms with Gasteiger partial charge < -0.3 is 20.1 Å². The summed E-state index contributed by atoms with van der Waals surface area (Å²) in [5.74, 6) is 0.996. The molecule has 0 unspecified atom stereocenters. The van der Waals surface area contributed by atoms with Crippen LogP contribution < -0.4 is 20.1 Å². The fraction of sp³-hybridized carbons (Fsp3) is 0.222. The Morgan fingerprint density at radius 2 is 1.58 bits per heavy atom. The number of nitrogens with one attached hydrogen (secondary N) is 2. The highest BCUT2D eigenvalue weighted by Gasteiger charge is 2.13. The van der Waals surface area contributed by atoms with Gasteiger partial charge in [-0.05, 0) is 36.4 Å². The Bertz CT molecular complexity index is 756. The van der Waals surface area contributed by atoms with Crippen LogP contribution in [0.2, 0.25) is 0 Å². The highest BCUT2D eigenvalue weighted by Crippen LogP contribution is 2.32. The van der Waals surface area contributed by atoms with E-state index < -0.39 is 0 Å². The molecule has 6 heteroatoms. The zero-order chi connectivity index (χ0) is 16.9. The molecule has 0 saturated carbocycles. The van der Waals surface area contributed by atoms with Crippen molar-refractivity contribution in [3.8, 4) is 11.5 Å². The molecular formula is C18H18N2O4. The van der Waals surface area contributed by atoms with Crippen LogP contribution in [0, 0.1) is 0 Å². The Hall–Kier alpha value is -3.02. The monoisotopic (exact) mass is 326 g/mol. The van der Waals surface area contributed by atoms with Crippen LogP contribution in [0.15, 0.2) is 42.5 Å². The zero-order valence-corrected chi connectivity index (χ0v) is 13.3. The van der Waals surface area contributed by atoms with Crippen molar-refractivity contribution in [2.75, 3.05) is 23.8 Å². The molecular weight excluding hydrogens is 308 g/mol. The van der Waals surface area contributed by atoms with Crippen LogP contribution in [-0.4, -0.2) is 25.0 Å². The maximum absolute atomic E-state index is 12.3. The molecule has 0 spiro atoms. The van der Waals surface area contributed by atoms with Gasteiger partial charge in [-0.25, -0.2) is 0 Å². The summed E-state index contributed by atoms with van der Waals surface area (Å²) < 4.78 is 10.9. The summed E-state index contributed by atoms with van der Waals surface area (Å²) in [6.07, 6.45) is 0.409. The first-order chi connectivity index (χ1) is 11.7. The van der Waals surface area contributed by atoms with E-state index in [2.05, 4.69) is 10.6 Å². The Labute approximate surface area is 139 Å². The summed E-state index contributed by atoms with van der Waals surface area (Å²) in [5, 5.41) is 5.56. The zero-order valence-electron chi connectivity index (χ0n) is 13.3. The quantitative estimate of drug-likeness (QED) is 0.905. The second-order valence-electron chi connectivity index (χ2n) is 5.29. The predicted molar refractivity (Wildman–Crippen MR) is 90.7 cm³/mol. The second-order valence-corrected chi connectivity index (χ2v) is 5.29. The molecule has 0 saturated heterocycles. The smallest absolute Gasteiger partial charge is 0.255 e. The van der Waals surface area contributed by atoms with Crippen LogP contribution in [0.5, 0.6) is 11.5 Å². The maximum atomic E-state index is 12.3. The Morgan fingerprint density at radius 1 is 0.917 bits per heavy atom. The number of hydrogen-bond acceptors (Lipinski definition) is 4. The molecule has 24 heavy (non-hydrogen) atoms. The molecule has 0 atom stereocenters. The number of hydrogen-bond donors (Lipinski definition) is 2. The van der Waals surface area contributed by atoms with Gasteiger partial charge in [-0.2, -0.15) is 0 Å². The minimum absolute atomic E-state index is 0.0662. The van der Waals surface area contributed by atoms with E-state index in [1.54, 1.807) is 49.4 Å². The number of rotatable bonds is 4. The van der Waals surface area contributed by atoms with E-state index in [0.717, 1.165) is 0 Å². The van der Waals surface area contributed by atoms with Crippen molar-refractivity contribution in [1.29, 1.82) is 0 Å². The molecule has 0 bridgehead atoms. The van der Waals surface area contributed by atoms with Crippen molar-refractivity contribution in [1.82, 2.24) is 0 Å². The number of ether oxygens (including phenoxy) is 2. The van der Waals surface area contributed by atoms with Crippen LogP contribution in [0.25, 0.3) is 0 Å². The average Bonchev–Trinajstić information content (AvgIpc) is 2.62. The van der Waals surface area contributed by atoms with Crippen molar-refractivity contribution < 1.29 is 19.1 Å². The molecule has 2 aromatic rings. The van der Waals surface area contributed by atoms with Gasteiger partial charge in [0.1, 0.15) is 13.2 Å². The van der Waals surface area contributed by atoms with E-state index in [9.17, 15) is 9.59 Å². The van der Waals surface area contributed by atoms with Crippen molar-refractivity contribution in [3.05, 3.63) is 48.0 Å². The van der Waals surface area contributed by atoms with E-state index in [0.29, 0.717) is 48.1 Å². The fourth-order valence-corrected chi connectivity index (χ4v) is 2.28. The highest BCUT2D eigenvalue weighted by atomic mass is 16.6. The Balaban J connectivity index is 1.67. The molecule has 2 aromatic carbocycles. The minimum Gasteiger partial charge on any atom is -0.486 e. The van der Waals surface area contributed by atoms with Gasteiger partial charge in [-0.3, -0.25) is 9.59 Å². The molecule has 0 aromatic heterocycles. The largest absolute Gasteiger partial charge is 0.486 e. The van der Waals surface area contributed by atoms with Gasteiger partial charge in [-0.15, -0.1) is 0 Å². The molecule has 1 heterocycles. The average molecular weight is 326 g/mol. The van der Waals surface area contributed by atoms with Crippen molar-refractivity contribution in [2.45, 2.75) is 13.3 Å². The van der Waals surface area contributed by atoms with Gasteiger partial charge in [0.15, 0.2) is 11.5 Å². The lowest BCUT2D eigenvalue weighted by atomic mass is 10.2. The minimum atomic E-state index is -0.236. The molecule has 1 aliphatic heterocycles. The second kappa shape index (κ2) is 7.04. The van der Waals surface area contributed by atoms with Crippen molar-refractivity contribution in [3.63, 3.8) is 0 Å². The van der Waals surface area contributed by atoms with Crippen LogP contribution in [0.3, 0.4) is 0 Å². The third-order valence-electron chi connectivity index (χ3n) is 3.55. The molecule has 2 N–H and O–H groups in total. The first-order valence-electron chi connectivity index (χ1n) is 7.76. The van der Waals surface area contributed by atoms with Crippen LogP contribution in [0.1, 0.15) is 23.7 Å². The van der Waals surface area contributed by atoms with Crippen LogP contribution in [0.4, 0.5) is 11.4 Å². The predicted octanol–water partition coefficient (Wildman–Crippen LogP) is 3.06. The number of carbonyl (C=O) groups excluding carboxylic acids is 2. The first kappa shape index (κ1) is 15.9. The lowest BCUT2D eigenvalue weighted by molar-refractivity contribution is -0.115. The standard InChI is InChI=1S/C18H18N2O4/c1-2-17(21)19-13-5-3-12(4-6-13)18(22)20-14-7-8-15-16(11-14)24-10-9-23-15/h3-8,11H,2,9-10H2,1H3,(H,19,21)(H,20,22). The van der Waals surface area contributed by atoms with E-state index >= 15 is 0 Å². The number of amides is 2. The number of anilines is 2. The lowest BCUT2D eigenvalue weighted by Gasteiger charge is -2.19. The molecule has 0 radical (unpaired) electrons. The molecule has 1 aliphatic rings. The van der Waals surface area contributed by atoms with Crippen molar-refractivity contribution in [2.24, 2.45) is 0 Å². The molecule has 0 fully saturated rings. The van der Waals surface area contributed by atoms with Crippen LogP contribution in [-0.2, 0) is 4.79 Å². The van der Waals surface area contributed by atoms with Gasteiger partial charge >= 0.3 is 0 Å². The van der Waals surface area contributed by atoms with E-state index in [1.165, 1.54) is 0 Å². The van der Waals surface area contributed by atoms with Gasteiger partial charge in [0.25, 0.3) is 5.91 Å². The first-order valence-corrected chi connectivity index (χ1v) is 7.76. The van der Waals surface area contributed by atoms with Gasteiger partial charge in [0, 0.05) is 29.4 Å². The normalized spacial score (nSPS) is 12.4. The Morgan fingerprint density at radius 3 is 2.29 bits per heavy atom. The molecule has 6 nitrogen and oxygen atoms in total. The van der Waals surface area contributed by atoms with Gasteiger partial charge in [0.05, 0.1) is 0 Å². The summed E-state index contributed by atoms with van der Waals surface area (Å²) >= 11 is 0. The summed E-state index contributed by atoms with van der Waals surface area (Å²) in [7, 11) is 0. The van der Waals surface area contributed by atoms with Gasteiger partial charge in [-0.1, -0.05) is 6.92 Å². The van der Waals surface area contributed by atoms with E-state index in [1.807, 2.05) is 0 Å². The topological polar surface area (TPSA) is 76.7 Å². The highest BCUT2D eigenvalue weighted by molar-refractivity contribution is 6.04. The SMILES string of the molecule is CCC(=O)Nc1ccc(C(=O)Nc2ccc3c(c2)OCCO3)cc1. The fourth-order valence-electron chi connectivity index (χ4n) is 2.28. The molecule has 0 aliphatic carbocycles. The summed E-state index contributed by atoms with van der Waals surface area (Å²) in [6.45, 7) is 2.81. The molecule has 2 amide bonds. The third kappa shape index (κ3) is 3.65. The van der Waals surface area contributed by atoms with Crippen LogP contribution >= 0.6 is 0 Å². The number of fused-ring (bicyclic) bond motifs is 1. The van der Waals surface area contributed by atoms with Crippen molar-refractivity contribution >= 4 is 23.2 Å². The lowest BCUT2D eigenvalue weighted by Crippen LogP contribution is -2.16. The van der Waals surface area contributed by atoms with Gasteiger partial charge in [0.2, 0.25) is 5.91 Å². The van der Waals surface area contributed by atoms with E-state index in [-0.39, 0.29) is 11.8 Å². The molecule has 3 rings (SSSR count). The molecule has 124 valence electrons. The summed E-state index contributed by atoms with van der Waals surface area (Å²) in [6, 6.07) is 12.0. The maximum Gasteiger partial charge on any atom is 0.255 e. The Kier molecular flexibility index (Phi) is 4.65. The summed E-state index contributed by atoms with van der Waals surface area (Å²) in [4.78, 5) is 23.6.